The fourth-order valence-electron chi connectivity index (χ4n) is 3.97. The summed E-state index contributed by atoms with van der Waals surface area (Å²) in [6.45, 7) is 0. The van der Waals surface area contributed by atoms with Gasteiger partial charge in [-0.25, -0.2) is 4.79 Å². The molecule has 190 valence electrons. The lowest BCUT2D eigenvalue weighted by atomic mass is 9.84. The second-order valence-corrected chi connectivity index (χ2v) is 8.77. The van der Waals surface area contributed by atoms with Crippen LogP contribution in [0, 0.1) is 27.4 Å². The average Bonchev–Trinajstić information content (AvgIpc) is 3.24. The second kappa shape index (κ2) is 10.7. The van der Waals surface area contributed by atoms with E-state index in [0.29, 0.717) is 5.56 Å². The van der Waals surface area contributed by atoms with Crippen molar-refractivity contribution < 1.29 is 24.0 Å². The minimum absolute atomic E-state index is 0.0341. The van der Waals surface area contributed by atoms with Crippen LogP contribution in [0.3, 0.4) is 0 Å². The zero-order valence-electron chi connectivity index (χ0n) is 19.1. The molecule has 0 fully saturated rings. The number of nitrogens with zero attached hydrogens (tertiary/aromatic N) is 3. The third-order valence-corrected chi connectivity index (χ3v) is 6.50. The van der Waals surface area contributed by atoms with Crippen LogP contribution in [0.2, 0.25) is 10.0 Å². The van der Waals surface area contributed by atoms with Crippen molar-refractivity contribution in [3.05, 3.63) is 103 Å². The summed E-state index contributed by atoms with van der Waals surface area (Å²) in [7, 11) is 0. The smallest absolute Gasteiger partial charge is 0.339 e. The monoisotopic (exact) mass is 551 g/mol. The number of ketones is 1. The molecule has 0 spiro atoms. The number of cyclic esters (lactones) is 1. The van der Waals surface area contributed by atoms with Crippen LogP contribution in [0.15, 0.2) is 65.8 Å². The van der Waals surface area contributed by atoms with Gasteiger partial charge in [0.05, 0.1) is 31.8 Å². The number of Topliss-reactive ketones (excluding diaryl/α,β-unsaturated/α-hetero) is 1. The van der Waals surface area contributed by atoms with Crippen molar-refractivity contribution in [1.82, 2.24) is 0 Å². The quantitative estimate of drug-likeness (QED) is 0.108. The van der Waals surface area contributed by atoms with Gasteiger partial charge < -0.3 is 15.9 Å². The van der Waals surface area contributed by atoms with Crippen molar-refractivity contribution in [2.45, 2.75) is 6.10 Å². The number of non-ortho nitro benzene ring substituents is 1. The molecule has 0 unspecified atom stereocenters. The van der Waals surface area contributed by atoms with E-state index in [-0.39, 0.29) is 38.1 Å². The molecule has 1 heterocycles. The third-order valence-electron chi connectivity index (χ3n) is 5.76. The number of rotatable bonds is 7. The number of hydrogen-bond donors (Lipinski definition) is 2. The molecule has 1 amide bonds. The summed E-state index contributed by atoms with van der Waals surface area (Å²) in [5, 5.41) is 26.7. The first-order valence-corrected chi connectivity index (χ1v) is 11.5. The van der Waals surface area contributed by atoms with E-state index in [4.69, 9.17) is 33.8 Å². The Balaban J connectivity index is 1.78. The van der Waals surface area contributed by atoms with E-state index in [1.165, 1.54) is 24.3 Å². The number of ether oxygens (including phenoxy) is 1. The van der Waals surface area contributed by atoms with Crippen molar-refractivity contribution in [2.24, 2.45) is 16.9 Å². The fourth-order valence-corrected chi connectivity index (χ4v) is 4.27. The highest BCUT2D eigenvalue weighted by atomic mass is 35.5. The van der Waals surface area contributed by atoms with Crippen molar-refractivity contribution in [2.75, 3.05) is 5.32 Å². The van der Waals surface area contributed by atoms with Gasteiger partial charge in [0.15, 0.2) is 5.78 Å². The van der Waals surface area contributed by atoms with Crippen molar-refractivity contribution in [3.8, 4) is 6.07 Å². The summed E-state index contributed by atoms with van der Waals surface area (Å²) >= 11 is 12.1. The van der Waals surface area contributed by atoms with Crippen molar-refractivity contribution >= 4 is 57.9 Å². The molecule has 0 aliphatic carbocycles. The number of nitrogens with one attached hydrogen (secondary N) is 1. The molecule has 2 atom stereocenters. The van der Waals surface area contributed by atoms with E-state index >= 15 is 0 Å². The zero-order chi connectivity index (χ0) is 27.6. The lowest BCUT2D eigenvalue weighted by molar-refractivity contribution is -0.384. The van der Waals surface area contributed by atoms with Gasteiger partial charge in [-0.15, -0.1) is 0 Å². The molecule has 0 radical (unpaired) electrons. The zero-order valence-corrected chi connectivity index (χ0v) is 20.6. The molecular weight excluding hydrogens is 537 g/mol. The minimum atomic E-state index is -1.53. The number of carbonyl (C=O) groups excluding carboxylic acids is 3. The van der Waals surface area contributed by atoms with Gasteiger partial charge in [0.2, 0.25) is 0 Å². The van der Waals surface area contributed by atoms with Crippen LogP contribution in [0.25, 0.3) is 0 Å². The molecule has 0 saturated carbocycles. The summed E-state index contributed by atoms with van der Waals surface area (Å²) in [5.41, 5.74) is -0.636. The summed E-state index contributed by atoms with van der Waals surface area (Å²) in [6, 6.07) is 15.3. The predicted octanol–water partition coefficient (Wildman–Crippen LogP) is 4.44. The maximum atomic E-state index is 13.8. The number of hydrazone groups is 1. The fraction of sp³-hybridized carbons (Fsp3) is 0.0800. The van der Waals surface area contributed by atoms with Crippen LogP contribution < -0.4 is 11.2 Å². The molecule has 38 heavy (non-hydrogen) atoms. The molecule has 13 heteroatoms. The van der Waals surface area contributed by atoms with E-state index < -0.39 is 40.3 Å². The number of benzene rings is 3. The number of anilines is 1. The largest absolute Gasteiger partial charge is 0.453 e. The van der Waals surface area contributed by atoms with E-state index in [0.717, 1.165) is 18.2 Å². The number of nitro groups is 1. The molecule has 3 N–H and O–H groups in total. The molecule has 1 aliphatic rings. The Kier molecular flexibility index (Phi) is 7.38. The highest BCUT2D eigenvalue weighted by molar-refractivity contribution is 6.48. The topological polar surface area (TPSA) is 178 Å². The van der Waals surface area contributed by atoms with Gasteiger partial charge in [-0.2, -0.15) is 10.4 Å². The Morgan fingerprint density at radius 1 is 1.13 bits per heavy atom. The van der Waals surface area contributed by atoms with Crippen LogP contribution in [0.5, 0.6) is 0 Å². The molecule has 0 saturated heterocycles. The lowest BCUT2D eigenvalue weighted by Crippen LogP contribution is -2.39. The van der Waals surface area contributed by atoms with Crippen molar-refractivity contribution in [3.63, 3.8) is 0 Å². The Morgan fingerprint density at radius 3 is 2.53 bits per heavy atom. The second-order valence-electron chi connectivity index (χ2n) is 7.95. The number of amides is 1. The van der Waals surface area contributed by atoms with Gasteiger partial charge in [-0.3, -0.25) is 19.7 Å². The summed E-state index contributed by atoms with van der Waals surface area (Å²) in [4.78, 5) is 50.0. The van der Waals surface area contributed by atoms with Gasteiger partial charge in [-0.1, -0.05) is 41.4 Å². The Hall–Kier alpha value is -4.79. The third kappa shape index (κ3) is 4.90. The highest BCUT2D eigenvalue weighted by Gasteiger charge is 2.45. The SMILES string of the molecule is N#Cc1cc([N+](=O)[O-])ccc1NC(=O)/C(=N\N)[C@@H](C(=O)c1ccc(Cl)c(Cl)c1)[C@H]1OC(=O)c2ccccc21. The number of hydrogen-bond acceptors (Lipinski definition) is 9. The number of fused-ring (bicyclic) bond motifs is 1. The molecule has 11 nitrogen and oxygen atoms in total. The van der Waals surface area contributed by atoms with Gasteiger partial charge >= 0.3 is 5.97 Å². The maximum Gasteiger partial charge on any atom is 0.339 e. The minimum Gasteiger partial charge on any atom is -0.453 e. The summed E-state index contributed by atoms with van der Waals surface area (Å²) in [6.07, 6.45) is -1.28. The van der Waals surface area contributed by atoms with Gasteiger partial charge in [0, 0.05) is 23.3 Å². The van der Waals surface area contributed by atoms with Crippen molar-refractivity contribution in [1.29, 1.82) is 5.26 Å². The number of nitro benzene ring substituents is 1. The average molecular weight is 552 g/mol. The first-order valence-electron chi connectivity index (χ1n) is 10.7. The summed E-state index contributed by atoms with van der Waals surface area (Å²) < 4.78 is 5.50. The first kappa shape index (κ1) is 26.3. The maximum absolute atomic E-state index is 13.8. The van der Waals surface area contributed by atoms with E-state index in [1.54, 1.807) is 24.3 Å². The number of carbonyl (C=O) groups is 3. The molecule has 4 rings (SSSR count). The Labute approximate surface area is 224 Å². The van der Waals surface area contributed by atoms with E-state index in [2.05, 4.69) is 10.4 Å². The van der Waals surface area contributed by atoms with Crippen LogP contribution in [0.1, 0.15) is 37.9 Å². The van der Waals surface area contributed by atoms with Gasteiger partial charge in [-0.05, 0) is 30.3 Å². The Morgan fingerprint density at radius 2 is 1.87 bits per heavy atom. The van der Waals surface area contributed by atoms with E-state index in [1.807, 2.05) is 0 Å². The molecule has 0 bridgehead atoms. The summed E-state index contributed by atoms with van der Waals surface area (Å²) in [5.74, 6) is 1.63. The first-order chi connectivity index (χ1) is 18.2. The van der Waals surface area contributed by atoms with Crippen LogP contribution in [-0.4, -0.2) is 28.3 Å². The van der Waals surface area contributed by atoms with Crippen LogP contribution in [-0.2, 0) is 9.53 Å². The highest BCUT2D eigenvalue weighted by Crippen LogP contribution is 2.39. The number of esters is 1. The number of halogens is 2. The Bertz CT molecular complexity index is 1580. The van der Waals surface area contributed by atoms with Crippen LogP contribution in [0.4, 0.5) is 11.4 Å². The van der Waals surface area contributed by atoms with Gasteiger partial charge in [0.1, 0.15) is 23.8 Å². The molecular formula is C25H15Cl2N5O6. The predicted molar refractivity (Wildman–Crippen MR) is 137 cm³/mol. The molecule has 0 aromatic heterocycles. The molecule has 3 aromatic rings. The number of nitrogens with two attached hydrogens (primary N) is 1. The molecule has 1 aliphatic heterocycles. The van der Waals surface area contributed by atoms with E-state index in [9.17, 15) is 29.8 Å². The van der Waals surface area contributed by atoms with Crippen LogP contribution >= 0.6 is 23.2 Å². The normalized spacial score (nSPS) is 15.1. The lowest BCUT2D eigenvalue weighted by Gasteiger charge is -2.23. The van der Waals surface area contributed by atoms with Gasteiger partial charge in [0.25, 0.3) is 11.6 Å². The standard InChI is InChI=1S/C25H15Cl2N5O6/c26-17-7-5-12(10-18(17)27)22(33)20(23-15-3-1-2-4-16(15)25(35)38-23)21(31-29)24(34)30-19-8-6-14(32(36)37)9-13(19)11-28/h1-10,20,23H,29H2,(H,30,34)/b31-21-/t20-,23-/m0/s1. The number of nitriles is 1. The molecule has 3 aromatic carbocycles.